The van der Waals surface area contributed by atoms with Crippen LogP contribution in [0.25, 0.3) is 0 Å². The number of hydrogen-bond acceptors (Lipinski definition) is 4. The molecule has 106 valence electrons. The summed E-state index contributed by atoms with van der Waals surface area (Å²) in [5.74, 6) is 5.92. The van der Waals surface area contributed by atoms with Crippen molar-refractivity contribution in [2.75, 3.05) is 19.7 Å². The molecule has 2 aliphatic rings. The van der Waals surface area contributed by atoms with E-state index in [9.17, 15) is 4.79 Å². The van der Waals surface area contributed by atoms with Gasteiger partial charge < -0.3 is 14.7 Å². The largest absolute Gasteiger partial charge is 0.395 e. The highest BCUT2D eigenvalue weighted by atomic mass is 32.1. The normalized spacial score (nSPS) is 24.4. The molecule has 2 aliphatic heterocycles. The van der Waals surface area contributed by atoms with Crippen LogP contribution >= 0.6 is 11.3 Å². The van der Waals surface area contributed by atoms with E-state index < -0.39 is 0 Å². The summed E-state index contributed by atoms with van der Waals surface area (Å²) in [4.78, 5) is 15.2. The lowest BCUT2D eigenvalue weighted by Gasteiger charge is -2.31. The lowest BCUT2D eigenvalue weighted by molar-refractivity contribution is -0.0303. The molecule has 2 fully saturated rings. The van der Waals surface area contributed by atoms with E-state index in [0.717, 1.165) is 17.7 Å². The Labute approximate surface area is 122 Å². The van der Waals surface area contributed by atoms with Crippen molar-refractivity contribution in [2.45, 2.75) is 31.5 Å². The molecule has 0 aliphatic carbocycles. The quantitative estimate of drug-likeness (QED) is 0.840. The second kappa shape index (κ2) is 5.96. The molecule has 0 aromatic carbocycles. The van der Waals surface area contributed by atoms with Gasteiger partial charge in [-0.15, -0.1) is 11.3 Å². The second-order valence-electron chi connectivity index (χ2n) is 5.14. The van der Waals surface area contributed by atoms with E-state index in [1.807, 2.05) is 16.3 Å². The summed E-state index contributed by atoms with van der Waals surface area (Å²) in [6, 6.07) is 1.84. The highest BCUT2D eigenvalue weighted by Gasteiger charge is 2.36. The Morgan fingerprint density at radius 2 is 2.20 bits per heavy atom. The zero-order valence-electron chi connectivity index (χ0n) is 11.2. The molecule has 20 heavy (non-hydrogen) atoms. The van der Waals surface area contributed by atoms with Crippen LogP contribution < -0.4 is 0 Å². The minimum Gasteiger partial charge on any atom is -0.395 e. The molecule has 3 heterocycles. The van der Waals surface area contributed by atoms with E-state index in [4.69, 9.17) is 9.84 Å². The van der Waals surface area contributed by atoms with Gasteiger partial charge in [-0.25, -0.2) is 0 Å². The van der Waals surface area contributed by atoms with Gasteiger partial charge in [-0.05, 0) is 18.9 Å². The maximum absolute atomic E-state index is 12.5. The topological polar surface area (TPSA) is 49.8 Å². The van der Waals surface area contributed by atoms with Crippen LogP contribution in [0.1, 0.15) is 34.5 Å². The molecule has 2 atom stereocenters. The summed E-state index contributed by atoms with van der Waals surface area (Å²) >= 11 is 1.48. The van der Waals surface area contributed by atoms with Gasteiger partial charge in [-0.1, -0.05) is 11.8 Å². The average molecular weight is 291 g/mol. The lowest BCUT2D eigenvalue weighted by atomic mass is 10.2. The molecular formula is C15H17NO3S. The molecule has 1 N–H and O–H groups in total. The van der Waals surface area contributed by atoms with Crippen molar-refractivity contribution in [3.05, 3.63) is 21.9 Å². The number of aliphatic hydroxyl groups is 1. The Morgan fingerprint density at radius 1 is 1.45 bits per heavy atom. The van der Waals surface area contributed by atoms with Crippen molar-refractivity contribution in [3.63, 3.8) is 0 Å². The first kappa shape index (κ1) is 13.6. The summed E-state index contributed by atoms with van der Waals surface area (Å²) in [6.45, 7) is 1.48. The summed E-state index contributed by atoms with van der Waals surface area (Å²) in [7, 11) is 0. The summed E-state index contributed by atoms with van der Waals surface area (Å²) in [5.41, 5.74) is 0.713. The number of ether oxygens (including phenoxy) is 1. The van der Waals surface area contributed by atoms with E-state index in [-0.39, 0.29) is 24.7 Å². The van der Waals surface area contributed by atoms with E-state index in [0.29, 0.717) is 25.1 Å². The van der Waals surface area contributed by atoms with Crippen molar-refractivity contribution in [3.8, 4) is 11.8 Å². The van der Waals surface area contributed by atoms with E-state index in [1.54, 1.807) is 0 Å². The van der Waals surface area contributed by atoms with Crippen molar-refractivity contribution in [1.82, 2.24) is 4.90 Å². The number of thiophene rings is 1. The fourth-order valence-electron chi connectivity index (χ4n) is 2.68. The SMILES string of the molecule is O=C(c1csc(C#CCCO)c1)N1CC2CCC(C1)O2. The lowest BCUT2D eigenvalue weighted by Crippen LogP contribution is -2.45. The van der Waals surface area contributed by atoms with Gasteiger partial charge in [0, 0.05) is 24.9 Å². The number of carbonyl (C=O) groups excluding carboxylic acids is 1. The molecule has 5 heteroatoms. The zero-order valence-corrected chi connectivity index (χ0v) is 12.0. The number of carbonyl (C=O) groups is 1. The van der Waals surface area contributed by atoms with Crippen LogP contribution in [-0.2, 0) is 4.74 Å². The van der Waals surface area contributed by atoms with Crippen LogP contribution in [0.4, 0.5) is 0 Å². The smallest absolute Gasteiger partial charge is 0.254 e. The number of rotatable bonds is 2. The summed E-state index contributed by atoms with van der Waals surface area (Å²) < 4.78 is 5.75. The molecule has 1 aromatic rings. The maximum Gasteiger partial charge on any atom is 0.254 e. The first-order valence-electron chi connectivity index (χ1n) is 6.89. The van der Waals surface area contributed by atoms with Crippen LogP contribution in [0.15, 0.2) is 11.4 Å². The highest BCUT2D eigenvalue weighted by Crippen LogP contribution is 2.27. The molecular weight excluding hydrogens is 274 g/mol. The minimum absolute atomic E-state index is 0.0702. The molecule has 4 nitrogen and oxygen atoms in total. The standard InChI is InChI=1S/C15H17NO3S/c17-6-2-1-3-14-7-11(10-20-14)15(18)16-8-12-4-5-13(9-16)19-12/h7,10,12-13,17H,2,4-6,8-9H2. The first-order valence-corrected chi connectivity index (χ1v) is 7.77. The van der Waals surface area contributed by atoms with Crippen molar-refractivity contribution < 1.29 is 14.6 Å². The Balaban J connectivity index is 1.67. The second-order valence-corrected chi connectivity index (χ2v) is 6.05. The van der Waals surface area contributed by atoms with Gasteiger partial charge in [-0.3, -0.25) is 4.79 Å². The maximum atomic E-state index is 12.5. The molecule has 3 rings (SSSR count). The van der Waals surface area contributed by atoms with Crippen LogP contribution in [0.3, 0.4) is 0 Å². The van der Waals surface area contributed by atoms with Gasteiger partial charge in [0.15, 0.2) is 0 Å². The Kier molecular flexibility index (Phi) is 4.06. The first-order chi connectivity index (χ1) is 9.76. The fraction of sp³-hybridized carbons (Fsp3) is 0.533. The molecule has 1 aromatic heterocycles. The summed E-state index contributed by atoms with van der Waals surface area (Å²) in [5, 5.41) is 10.6. The average Bonchev–Trinajstić information content (AvgIpc) is 3.05. The van der Waals surface area contributed by atoms with Crippen molar-refractivity contribution in [1.29, 1.82) is 0 Å². The Bertz CT molecular complexity index is 545. The van der Waals surface area contributed by atoms with Crippen LogP contribution in [-0.4, -0.2) is 47.8 Å². The van der Waals surface area contributed by atoms with Gasteiger partial charge in [0.05, 0.1) is 29.3 Å². The molecule has 2 unspecified atom stereocenters. The van der Waals surface area contributed by atoms with Crippen molar-refractivity contribution >= 4 is 17.2 Å². The third kappa shape index (κ3) is 2.88. The summed E-state index contributed by atoms with van der Waals surface area (Å²) in [6.07, 6.45) is 3.04. The number of likely N-dealkylation sites (tertiary alicyclic amines) is 1. The van der Waals surface area contributed by atoms with Gasteiger partial charge in [0.25, 0.3) is 5.91 Å². The number of aliphatic hydroxyl groups excluding tert-OH is 1. The van der Waals surface area contributed by atoms with Crippen LogP contribution in [0.2, 0.25) is 0 Å². The Hall–Kier alpha value is -1.35. The van der Waals surface area contributed by atoms with E-state index in [1.165, 1.54) is 11.3 Å². The van der Waals surface area contributed by atoms with E-state index in [2.05, 4.69) is 11.8 Å². The minimum atomic E-state index is 0.0702. The van der Waals surface area contributed by atoms with Gasteiger partial charge in [0.1, 0.15) is 0 Å². The number of nitrogens with zero attached hydrogens (tertiary/aromatic N) is 1. The molecule has 2 bridgehead atoms. The number of morpholine rings is 1. The van der Waals surface area contributed by atoms with E-state index >= 15 is 0 Å². The molecule has 2 saturated heterocycles. The van der Waals surface area contributed by atoms with Crippen LogP contribution in [0.5, 0.6) is 0 Å². The number of amides is 1. The number of hydrogen-bond donors (Lipinski definition) is 1. The Morgan fingerprint density at radius 3 is 2.90 bits per heavy atom. The van der Waals surface area contributed by atoms with Gasteiger partial charge >= 0.3 is 0 Å². The molecule has 0 saturated carbocycles. The third-order valence-electron chi connectivity index (χ3n) is 3.63. The molecule has 1 amide bonds. The fourth-order valence-corrected chi connectivity index (χ4v) is 3.43. The monoisotopic (exact) mass is 291 g/mol. The van der Waals surface area contributed by atoms with Gasteiger partial charge in [-0.2, -0.15) is 0 Å². The van der Waals surface area contributed by atoms with Crippen LogP contribution in [0, 0.1) is 11.8 Å². The van der Waals surface area contributed by atoms with Gasteiger partial charge in [0.2, 0.25) is 0 Å². The number of fused-ring (bicyclic) bond motifs is 2. The third-order valence-corrected chi connectivity index (χ3v) is 4.47. The predicted octanol–water partition coefficient (Wildman–Crippen LogP) is 1.49. The highest BCUT2D eigenvalue weighted by molar-refractivity contribution is 7.10. The molecule has 0 spiro atoms. The van der Waals surface area contributed by atoms with Crippen molar-refractivity contribution in [2.24, 2.45) is 0 Å². The molecule has 0 radical (unpaired) electrons. The predicted molar refractivity (Wildman–Crippen MR) is 76.7 cm³/mol. The zero-order chi connectivity index (χ0) is 13.9.